The van der Waals surface area contributed by atoms with Gasteiger partial charge >= 0.3 is 18.2 Å². The van der Waals surface area contributed by atoms with E-state index in [9.17, 15) is 27.6 Å². The Bertz CT molecular complexity index is 1860. The number of hydrogen-bond acceptors (Lipinski definition) is 8. The third kappa shape index (κ3) is 8.17. The first-order valence-corrected chi connectivity index (χ1v) is 15.5. The van der Waals surface area contributed by atoms with Crippen LogP contribution in [0.5, 0.6) is 0 Å². The average molecular weight is 664 g/mol. The topological polar surface area (TPSA) is 131 Å². The minimum Gasteiger partial charge on any atom is -0.442 e. The van der Waals surface area contributed by atoms with Gasteiger partial charge < -0.3 is 20.3 Å². The Balaban J connectivity index is 1.40. The SMILES string of the molecule is CCC/C=C\c1cc(Nc2ccc3c(cnn3C(=O)OC(C)(C)C)c2)nc(-c2cccc(NC(=O)C3CCCN3C(=O)C(F)(F)F)c2)n1. The fraction of sp³-hybridized carbons (Fsp3) is 0.353. The van der Waals surface area contributed by atoms with E-state index in [0.29, 0.717) is 56.5 Å². The maximum atomic E-state index is 13.1. The molecule has 0 radical (unpaired) electrons. The second kappa shape index (κ2) is 13.8. The van der Waals surface area contributed by atoms with Crippen molar-refractivity contribution in [1.82, 2.24) is 24.6 Å². The first kappa shape index (κ1) is 34.1. The number of nitrogens with zero attached hydrogens (tertiary/aromatic N) is 5. The molecule has 1 saturated heterocycles. The molecule has 5 rings (SSSR count). The van der Waals surface area contributed by atoms with Crippen LogP contribution in [0.4, 0.5) is 35.2 Å². The van der Waals surface area contributed by atoms with E-state index in [2.05, 4.69) is 27.6 Å². The molecular formula is C34H36F3N7O4. The fourth-order valence-electron chi connectivity index (χ4n) is 5.23. The monoisotopic (exact) mass is 663 g/mol. The number of alkyl halides is 3. The van der Waals surface area contributed by atoms with Crippen LogP contribution in [0.15, 0.2) is 60.8 Å². The van der Waals surface area contributed by atoms with Crippen LogP contribution in [0.25, 0.3) is 28.4 Å². The Hall–Kier alpha value is -5.27. The molecule has 11 nitrogen and oxygen atoms in total. The zero-order valence-electron chi connectivity index (χ0n) is 27.0. The van der Waals surface area contributed by atoms with Gasteiger partial charge in [0.25, 0.3) is 0 Å². The van der Waals surface area contributed by atoms with E-state index in [1.165, 1.54) is 4.68 Å². The zero-order valence-corrected chi connectivity index (χ0v) is 27.0. The molecule has 3 heterocycles. The smallest absolute Gasteiger partial charge is 0.442 e. The maximum absolute atomic E-state index is 13.1. The second-order valence-electron chi connectivity index (χ2n) is 12.4. The van der Waals surface area contributed by atoms with Crippen molar-refractivity contribution < 1.29 is 32.3 Å². The summed E-state index contributed by atoms with van der Waals surface area (Å²) in [4.78, 5) is 47.4. The van der Waals surface area contributed by atoms with Crippen molar-refractivity contribution >= 4 is 52.1 Å². The van der Waals surface area contributed by atoms with E-state index in [-0.39, 0.29) is 13.0 Å². The highest BCUT2D eigenvalue weighted by Crippen LogP contribution is 2.29. The van der Waals surface area contributed by atoms with Crippen LogP contribution >= 0.6 is 0 Å². The summed E-state index contributed by atoms with van der Waals surface area (Å²) in [6.45, 7) is 7.26. The molecule has 2 aromatic carbocycles. The molecule has 48 heavy (non-hydrogen) atoms. The maximum Gasteiger partial charge on any atom is 0.471 e. The van der Waals surface area contributed by atoms with Crippen LogP contribution in [-0.2, 0) is 14.3 Å². The van der Waals surface area contributed by atoms with E-state index in [1.807, 2.05) is 18.2 Å². The number of unbranched alkanes of at least 4 members (excludes halogenated alkanes) is 1. The van der Waals surface area contributed by atoms with Gasteiger partial charge in [0.15, 0.2) is 5.82 Å². The largest absolute Gasteiger partial charge is 0.471 e. The van der Waals surface area contributed by atoms with Gasteiger partial charge in [0.2, 0.25) is 5.91 Å². The predicted octanol–water partition coefficient (Wildman–Crippen LogP) is 7.33. The number of aromatic nitrogens is 4. The minimum absolute atomic E-state index is 0.130. The molecule has 2 amide bonds. The van der Waals surface area contributed by atoms with Gasteiger partial charge in [-0.2, -0.15) is 23.0 Å². The van der Waals surface area contributed by atoms with Gasteiger partial charge in [-0.15, -0.1) is 0 Å². The van der Waals surface area contributed by atoms with Gasteiger partial charge in [-0.1, -0.05) is 31.6 Å². The van der Waals surface area contributed by atoms with Gasteiger partial charge in [-0.05, 0) is 76.4 Å². The van der Waals surface area contributed by atoms with Crippen LogP contribution in [0.2, 0.25) is 0 Å². The molecule has 0 bridgehead atoms. The van der Waals surface area contributed by atoms with Crippen molar-refractivity contribution in [1.29, 1.82) is 0 Å². The number of likely N-dealkylation sites (tertiary alicyclic amines) is 1. The Morgan fingerprint density at radius 3 is 2.56 bits per heavy atom. The molecule has 2 N–H and O–H groups in total. The van der Waals surface area contributed by atoms with Crippen molar-refractivity contribution in [2.45, 2.75) is 71.2 Å². The van der Waals surface area contributed by atoms with Crippen molar-refractivity contribution in [2.24, 2.45) is 0 Å². The lowest BCUT2D eigenvalue weighted by Gasteiger charge is -2.24. The van der Waals surface area contributed by atoms with E-state index in [0.717, 1.165) is 12.8 Å². The number of amides is 2. The number of benzene rings is 2. The molecule has 4 aromatic rings. The highest BCUT2D eigenvalue weighted by molar-refractivity contribution is 5.98. The van der Waals surface area contributed by atoms with Gasteiger partial charge in [-0.25, -0.2) is 14.8 Å². The Morgan fingerprint density at radius 2 is 1.83 bits per heavy atom. The fourth-order valence-corrected chi connectivity index (χ4v) is 5.23. The molecule has 1 atom stereocenters. The molecule has 252 valence electrons. The van der Waals surface area contributed by atoms with Crippen molar-refractivity contribution in [3.63, 3.8) is 0 Å². The summed E-state index contributed by atoms with van der Waals surface area (Å²) in [6, 6.07) is 12.6. The summed E-state index contributed by atoms with van der Waals surface area (Å²) >= 11 is 0. The van der Waals surface area contributed by atoms with Crippen LogP contribution < -0.4 is 10.6 Å². The summed E-state index contributed by atoms with van der Waals surface area (Å²) < 4.78 is 45.9. The number of allylic oxidation sites excluding steroid dienone is 1. The quantitative estimate of drug-likeness (QED) is 0.200. The molecule has 0 saturated carbocycles. The Morgan fingerprint density at radius 1 is 1.04 bits per heavy atom. The van der Waals surface area contributed by atoms with E-state index < -0.39 is 35.7 Å². The molecule has 1 aliphatic heterocycles. The predicted molar refractivity (Wildman–Crippen MR) is 175 cm³/mol. The molecule has 1 unspecified atom stereocenters. The number of fused-ring (bicyclic) bond motifs is 1. The second-order valence-corrected chi connectivity index (χ2v) is 12.4. The van der Waals surface area contributed by atoms with E-state index in [4.69, 9.17) is 9.72 Å². The van der Waals surface area contributed by atoms with Gasteiger partial charge in [-0.3, -0.25) is 9.59 Å². The number of nitrogens with one attached hydrogen (secondary N) is 2. The van der Waals surface area contributed by atoms with Crippen LogP contribution in [-0.4, -0.2) is 66.9 Å². The summed E-state index contributed by atoms with van der Waals surface area (Å²) in [7, 11) is 0. The van der Waals surface area contributed by atoms with Gasteiger partial charge in [0.1, 0.15) is 17.5 Å². The minimum atomic E-state index is -5.06. The zero-order chi connectivity index (χ0) is 34.6. The number of rotatable bonds is 8. The molecule has 2 aromatic heterocycles. The number of ether oxygens (including phenoxy) is 1. The number of carbonyl (C=O) groups is 3. The standard InChI is InChI=1S/C34H36F3N7O4/c1-5-6-7-11-24-19-28(39-25-14-15-26-22(18-25)20-38-44(26)32(47)48-33(2,3)4)42-29(40-24)21-10-8-12-23(17-21)41-30(45)27-13-9-16-43(27)31(46)34(35,36)37/h7-8,10-12,14-15,17-20,27H,5-6,9,13,16H2,1-4H3,(H,41,45)(H,39,40,42)/b11-7-. The summed E-state index contributed by atoms with van der Waals surface area (Å²) in [5.41, 5.74) is 2.06. The normalized spacial score (nSPS) is 15.2. The molecule has 0 aliphatic carbocycles. The van der Waals surface area contributed by atoms with Crippen molar-refractivity contribution in [3.8, 4) is 11.4 Å². The van der Waals surface area contributed by atoms with Crippen LogP contribution in [0.3, 0.4) is 0 Å². The number of hydrogen-bond donors (Lipinski definition) is 2. The first-order chi connectivity index (χ1) is 22.7. The summed E-state index contributed by atoms with van der Waals surface area (Å²) in [5, 5.41) is 10.8. The third-order valence-electron chi connectivity index (χ3n) is 7.34. The molecular weight excluding hydrogens is 627 g/mol. The molecule has 14 heteroatoms. The Kier molecular flexibility index (Phi) is 9.82. The lowest BCUT2D eigenvalue weighted by Crippen LogP contribution is -2.48. The first-order valence-electron chi connectivity index (χ1n) is 15.5. The van der Waals surface area contributed by atoms with Gasteiger partial charge in [0.05, 0.1) is 17.4 Å². The van der Waals surface area contributed by atoms with E-state index >= 15 is 0 Å². The molecule has 0 spiro atoms. The molecule has 1 aliphatic rings. The summed E-state index contributed by atoms with van der Waals surface area (Å²) in [6.07, 6.45) is 2.02. The van der Waals surface area contributed by atoms with Gasteiger partial charge in [0, 0.05) is 34.9 Å². The highest BCUT2D eigenvalue weighted by atomic mass is 19.4. The van der Waals surface area contributed by atoms with Crippen molar-refractivity contribution in [3.05, 3.63) is 66.5 Å². The van der Waals surface area contributed by atoms with Crippen LogP contribution in [0, 0.1) is 0 Å². The van der Waals surface area contributed by atoms with Crippen molar-refractivity contribution in [2.75, 3.05) is 17.2 Å². The van der Waals surface area contributed by atoms with E-state index in [1.54, 1.807) is 69.4 Å². The third-order valence-corrected chi connectivity index (χ3v) is 7.34. The Labute approximate surface area is 275 Å². The molecule has 1 fully saturated rings. The van der Waals surface area contributed by atoms with Crippen LogP contribution in [0.1, 0.15) is 59.1 Å². The number of halogens is 3. The lowest BCUT2D eigenvalue weighted by molar-refractivity contribution is -0.186. The average Bonchev–Trinajstić information content (AvgIpc) is 3.67. The highest BCUT2D eigenvalue weighted by Gasteiger charge is 2.47. The number of anilines is 3. The number of carbonyl (C=O) groups excluding carboxylic acids is 3. The summed E-state index contributed by atoms with van der Waals surface area (Å²) in [5.74, 6) is -1.92. The lowest BCUT2D eigenvalue weighted by atomic mass is 10.1.